The van der Waals surface area contributed by atoms with Crippen molar-refractivity contribution in [3.05, 3.63) is 36.3 Å². The number of carbonyl (C=O) groups is 2. The molecule has 3 heterocycles. The molecule has 26 heavy (non-hydrogen) atoms. The first-order valence-corrected chi connectivity index (χ1v) is 7.19. The average molecular weight is 352 g/mol. The van der Waals surface area contributed by atoms with Gasteiger partial charge >= 0.3 is 5.97 Å². The fourth-order valence-corrected chi connectivity index (χ4v) is 2.06. The molecule has 0 atom stereocenters. The summed E-state index contributed by atoms with van der Waals surface area (Å²) in [5, 5.41) is 8.85. The molecule has 3 rings (SSSR count). The molecule has 130 valence electrons. The van der Waals surface area contributed by atoms with E-state index in [4.69, 9.17) is 16.6 Å². The zero-order valence-corrected chi connectivity index (χ0v) is 13.4. The second kappa shape index (κ2) is 6.47. The second-order valence-electron chi connectivity index (χ2n) is 5.13. The molecule has 0 aliphatic carbocycles. The Kier molecular flexibility index (Phi) is 4.19. The molecule has 0 unspecified atom stereocenters. The first kappa shape index (κ1) is 16.8. The number of carboxylic acid groups (broad SMARTS) is 1. The Morgan fingerprint density at radius 1 is 0.885 bits per heavy atom. The van der Waals surface area contributed by atoms with Crippen molar-refractivity contribution in [1.82, 2.24) is 29.9 Å². The topological polar surface area (TPSA) is 184 Å². The lowest BCUT2D eigenvalue weighted by atomic mass is 10.2. The third-order valence-electron chi connectivity index (χ3n) is 3.30. The van der Waals surface area contributed by atoms with Gasteiger partial charge in [-0.2, -0.15) is 0 Å². The monoisotopic (exact) mass is 352 g/mol. The second-order valence-corrected chi connectivity index (χ2v) is 5.13. The van der Waals surface area contributed by atoms with Crippen molar-refractivity contribution in [3.8, 4) is 22.6 Å². The van der Waals surface area contributed by atoms with Crippen molar-refractivity contribution in [2.24, 2.45) is 0 Å². The molecule has 0 radical (unpaired) electrons. The Bertz CT molecular complexity index is 919. The zero-order chi connectivity index (χ0) is 18.8. The minimum atomic E-state index is -1.20. The number of ketones is 1. The Hall–Kier alpha value is -4.02. The van der Waals surface area contributed by atoms with E-state index in [-0.39, 0.29) is 46.0 Å². The molecule has 11 nitrogen and oxygen atoms in total. The number of hydrogen-bond acceptors (Lipinski definition) is 10. The number of aromatic nitrogens is 6. The lowest BCUT2D eigenvalue weighted by Gasteiger charge is -2.09. The van der Waals surface area contributed by atoms with Crippen LogP contribution in [0.5, 0.6) is 0 Å². The quantitative estimate of drug-likeness (QED) is 0.554. The largest absolute Gasteiger partial charge is 0.476 e. The maximum absolute atomic E-state index is 11.2. The third kappa shape index (κ3) is 3.13. The fraction of sp³-hybridized carbons (Fsp3) is 0.0667. The molecule has 0 aliphatic rings. The van der Waals surface area contributed by atoms with E-state index in [2.05, 4.69) is 29.9 Å². The first-order chi connectivity index (χ1) is 12.4. The minimum Gasteiger partial charge on any atom is -0.476 e. The van der Waals surface area contributed by atoms with Crippen LogP contribution in [0.15, 0.2) is 24.8 Å². The molecule has 5 N–H and O–H groups in total. The van der Waals surface area contributed by atoms with E-state index in [9.17, 15) is 9.59 Å². The summed E-state index contributed by atoms with van der Waals surface area (Å²) < 4.78 is 0. The molecule has 0 saturated heterocycles. The van der Waals surface area contributed by atoms with Gasteiger partial charge in [-0.05, 0) is 0 Å². The Morgan fingerprint density at radius 2 is 1.50 bits per heavy atom. The molecule has 0 fully saturated rings. The number of nitrogen functional groups attached to an aromatic ring is 2. The summed E-state index contributed by atoms with van der Waals surface area (Å²) >= 11 is 0. The predicted octanol–water partition coefficient (Wildman–Crippen LogP) is 0.456. The maximum Gasteiger partial charge on any atom is 0.356 e. The lowest BCUT2D eigenvalue weighted by molar-refractivity contribution is 0.0689. The van der Waals surface area contributed by atoms with E-state index >= 15 is 0 Å². The van der Waals surface area contributed by atoms with E-state index in [0.29, 0.717) is 5.56 Å². The van der Waals surface area contributed by atoms with E-state index in [1.807, 2.05) is 0 Å². The number of carbonyl (C=O) groups excluding carboxylic acids is 1. The van der Waals surface area contributed by atoms with Gasteiger partial charge in [0, 0.05) is 24.9 Å². The van der Waals surface area contributed by atoms with Crippen molar-refractivity contribution in [3.63, 3.8) is 0 Å². The number of hydrogen-bond donors (Lipinski definition) is 3. The smallest absolute Gasteiger partial charge is 0.356 e. The minimum absolute atomic E-state index is 0.0159. The molecule has 3 aromatic heterocycles. The van der Waals surface area contributed by atoms with E-state index in [0.717, 1.165) is 6.20 Å². The summed E-state index contributed by atoms with van der Waals surface area (Å²) in [6.07, 6.45) is 5.08. The molecule has 11 heteroatoms. The van der Waals surface area contributed by atoms with Gasteiger partial charge in [0.05, 0.1) is 12.4 Å². The van der Waals surface area contributed by atoms with Crippen LogP contribution in [0.3, 0.4) is 0 Å². The zero-order valence-electron chi connectivity index (χ0n) is 13.4. The van der Waals surface area contributed by atoms with Crippen LogP contribution in [-0.4, -0.2) is 46.8 Å². The molecule has 0 bridgehead atoms. The summed E-state index contributed by atoms with van der Waals surface area (Å²) in [4.78, 5) is 46.0. The van der Waals surface area contributed by atoms with E-state index in [1.54, 1.807) is 0 Å². The third-order valence-corrected chi connectivity index (χ3v) is 3.30. The number of anilines is 2. The summed E-state index contributed by atoms with van der Waals surface area (Å²) in [6.45, 7) is 1.35. The molecular formula is C15H12N8O3. The van der Waals surface area contributed by atoms with Crippen LogP contribution >= 0.6 is 0 Å². The number of aromatic carboxylic acids is 1. The highest BCUT2D eigenvalue weighted by atomic mass is 16.4. The molecule has 0 spiro atoms. The number of Topliss-reactive ketones (excluding diaryl/α,β-unsaturated/α-hetero) is 1. The predicted molar refractivity (Wildman–Crippen MR) is 89.9 cm³/mol. The molecule has 0 aromatic carbocycles. The average Bonchev–Trinajstić information content (AvgIpc) is 2.63. The van der Waals surface area contributed by atoms with Gasteiger partial charge in [-0.25, -0.2) is 29.7 Å². The lowest BCUT2D eigenvalue weighted by Crippen LogP contribution is -2.07. The SMILES string of the molecule is CC(=O)c1ncc(-c2nc(N)c(-c3cnc(C(=O)O)cn3)nc2N)cn1. The van der Waals surface area contributed by atoms with Gasteiger partial charge in [0.1, 0.15) is 17.1 Å². The molecule has 0 amide bonds. The van der Waals surface area contributed by atoms with Gasteiger partial charge in [0.15, 0.2) is 28.9 Å². The number of nitrogens with two attached hydrogens (primary N) is 2. The highest BCUT2D eigenvalue weighted by Gasteiger charge is 2.16. The fourth-order valence-electron chi connectivity index (χ4n) is 2.06. The first-order valence-electron chi connectivity index (χ1n) is 7.19. The van der Waals surface area contributed by atoms with Gasteiger partial charge in [0.2, 0.25) is 0 Å². The Balaban J connectivity index is 2.00. The molecule has 0 aliphatic heterocycles. The van der Waals surface area contributed by atoms with Crippen LogP contribution < -0.4 is 11.5 Å². The number of carboxylic acids is 1. The van der Waals surface area contributed by atoms with Gasteiger partial charge in [-0.1, -0.05) is 0 Å². The van der Waals surface area contributed by atoms with Crippen LogP contribution in [0.2, 0.25) is 0 Å². The number of nitrogens with zero attached hydrogens (tertiary/aromatic N) is 6. The Morgan fingerprint density at radius 3 is 2.04 bits per heavy atom. The molecule has 3 aromatic rings. The summed E-state index contributed by atoms with van der Waals surface area (Å²) in [5.74, 6) is -1.35. The van der Waals surface area contributed by atoms with Crippen LogP contribution in [0.4, 0.5) is 11.6 Å². The maximum atomic E-state index is 11.2. The van der Waals surface area contributed by atoms with Crippen LogP contribution in [0.1, 0.15) is 28.0 Å². The summed E-state index contributed by atoms with van der Waals surface area (Å²) in [7, 11) is 0. The number of rotatable bonds is 4. The van der Waals surface area contributed by atoms with Gasteiger partial charge in [0.25, 0.3) is 0 Å². The van der Waals surface area contributed by atoms with Crippen molar-refractivity contribution in [2.75, 3.05) is 11.5 Å². The van der Waals surface area contributed by atoms with E-state index in [1.165, 1.54) is 25.5 Å². The summed E-state index contributed by atoms with van der Waals surface area (Å²) in [5.41, 5.74) is 12.7. The Labute approximate surface area is 146 Å². The standard InChI is InChI=1S/C15H12N8O3/c1-6(24)14-20-2-7(3-21-14)10-12(16)23-11(13(17)22-10)8-4-19-9(5-18-8)15(25)26/h2-5H,1H3,(H2,16,23)(H2,17,22)(H,25,26). The molecule has 0 saturated carbocycles. The van der Waals surface area contributed by atoms with Crippen molar-refractivity contribution in [1.29, 1.82) is 0 Å². The summed E-state index contributed by atoms with van der Waals surface area (Å²) in [6, 6.07) is 0. The van der Waals surface area contributed by atoms with Gasteiger partial charge in [-0.15, -0.1) is 0 Å². The van der Waals surface area contributed by atoms with Crippen molar-refractivity contribution < 1.29 is 14.7 Å². The van der Waals surface area contributed by atoms with Crippen LogP contribution in [0.25, 0.3) is 22.6 Å². The highest BCUT2D eigenvalue weighted by Crippen LogP contribution is 2.27. The molecular weight excluding hydrogens is 340 g/mol. The normalized spacial score (nSPS) is 10.5. The van der Waals surface area contributed by atoms with Gasteiger partial charge < -0.3 is 16.6 Å². The van der Waals surface area contributed by atoms with Gasteiger partial charge in [-0.3, -0.25) is 9.78 Å². The van der Waals surface area contributed by atoms with E-state index < -0.39 is 5.97 Å². The van der Waals surface area contributed by atoms with Crippen LogP contribution in [-0.2, 0) is 0 Å². The highest BCUT2D eigenvalue weighted by molar-refractivity contribution is 5.90. The van der Waals surface area contributed by atoms with Crippen molar-refractivity contribution in [2.45, 2.75) is 6.92 Å². The van der Waals surface area contributed by atoms with Crippen molar-refractivity contribution >= 4 is 23.4 Å². The van der Waals surface area contributed by atoms with Crippen LogP contribution in [0, 0.1) is 0 Å².